The Bertz CT molecular complexity index is 897. The topological polar surface area (TPSA) is 70.9 Å². The van der Waals surface area contributed by atoms with Gasteiger partial charge in [-0.3, -0.25) is 4.79 Å². The smallest absolute Gasteiger partial charge is 0.279 e. The van der Waals surface area contributed by atoms with E-state index in [9.17, 15) is 13.2 Å². The molecule has 0 bridgehead atoms. The third-order valence-electron chi connectivity index (χ3n) is 4.42. The molecule has 1 amide bonds. The zero-order chi connectivity index (χ0) is 20.9. The molecule has 2 N–H and O–H groups in total. The molecular weight excluding hydrogens is 398 g/mol. The van der Waals surface area contributed by atoms with Gasteiger partial charge < -0.3 is 10.2 Å². The van der Waals surface area contributed by atoms with Crippen LogP contribution in [0.4, 0.5) is 5.69 Å². The van der Waals surface area contributed by atoms with E-state index in [1.165, 1.54) is 16.4 Å². The van der Waals surface area contributed by atoms with Crippen LogP contribution in [0.3, 0.4) is 0 Å². The molecule has 6 nitrogen and oxygen atoms in total. The number of sulfonamides is 1. The van der Waals surface area contributed by atoms with Crippen LogP contribution in [-0.4, -0.2) is 45.3 Å². The minimum Gasteiger partial charge on any atom is -0.326 e. The van der Waals surface area contributed by atoms with Gasteiger partial charge in [-0.15, -0.1) is 0 Å². The van der Waals surface area contributed by atoms with Gasteiger partial charge in [0, 0.05) is 29.4 Å². The normalized spacial score (nSPS) is 13.0. The Hall–Kier alpha value is -1.93. The molecule has 28 heavy (non-hydrogen) atoms. The summed E-state index contributed by atoms with van der Waals surface area (Å²) >= 11 is 5.88. The molecule has 8 heteroatoms. The van der Waals surface area contributed by atoms with E-state index in [0.717, 1.165) is 10.5 Å². The molecule has 0 aliphatic carbocycles. The maximum Gasteiger partial charge on any atom is 0.279 e. The summed E-state index contributed by atoms with van der Waals surface area (Å²) in [6, 6.07) is 13.6. The molecule has 2 aromatic rings. The lowest BCUT2D eigenvalue weighted by Crippen LogP contribution is -3.08. The van der Waals surface area contributed by atoms with Crippen molar-refractivity contribution < 1.29 is 18.1 Å². The fourth-order valence-corrected chi connectivity index (χ4v) is 4.14. The number of amides is 1. The molecular formula is C20H27ClN3O3S+. The number of anilines is 1. The maximum absolute atomic E-state index is 12.5. The summed E-state index contributed by atoms with van der Waals surface area (Å²) < 4.78 is 26.3. The van der Waals surface area contributed by atoms with Crippen LogP contribution in [0.5, 0.6) is 0 Å². The van der Waals surface area contributed by atoms with Gasteiger partial charge in [-0.25, -0.2) is 8.42 Å². The zero-order valence-corrected chi connectivity index (χ0v) is 18.1. The molecule has 0 aliphatic heterocycles. The summed E-state index contributed by atoms with van der Waals surface area (Å²) in [6.45, 7) is 4.62. The van der Waals surface area contributed by atoms with Crippen LogP contribution in [0.2, 0.25) is 5.02 Å². The molecule has 0 heterocycles. The largest absolute Gasteiger partial charge is 0.326 e. The van der Waals surface area contributed by atoms with Crippen molar-refractivity contribution in [3.05, 3.63) is 59.1 Å². The van der Waals surface area contributed by atoms with Gasteiger partial charge >= 0.3 is 0 Å². The molecule has 0 spiro atoms. The Morgan fingerprint density at radius 1 is 1.11 bits per heavy atom. The predicted molar refractivity (Wildman–Crippen MR) is 112 cm³/mol. The number of hydrogen-bond acceptors (Lipinski definition) is 3. The van der Waals surface area contributed by atoms with E-state index in [1.54, 1.807) is 19.2 Å². The quantitative estimate of drug-likeness (QED) is 0.681. The van der Waals surface area contributed by atoms with Gasteiger partial charge in [0.1, 0.15) is 6.54 Å². The Balaban J connectivity index is 1.94. The lowest BCUT2D eigenvalue weighted by atomic mass is 10.2. The lowest BCUT2D eigenvalue weighted by molar-refractivity contribution is -0.885. The summed E-state index contributed by atoms with van der Waals surface area (Å²) in [5, 5.41) is 3.49. The van der Waals surface area contributed by atoms with Crippen molar-refractivity contribution in [2.75, 3.05) is 26.0 Å². The molecule has 2 aromatic carbocycles. The number of nitrogens with one attached hydrogen (secondary N) is 2. The minimum absolute atomic E-state index is 0.136. The molecule has 1 atom stereocenters. The Labute approximate surface area is 172 Å². The van der Waals surface area contributed by atoms with Crippen LogP contribution in [0.25, 0.3) is 0 Å². The van der Waals surface area contributed by atoms with E-state index in [-0.39, 0.29) is 16.8 Å². The summed E-state index contributed by atoms with van der Waals surface area (Å²) in [5.41, 5.74) is 1.66. The highest BCUT2D eigenvalue weighted by Crippen LogP contribution is 2.19. The fourth-order valence-electron chi connectivity index (χ4n) is 2.65. The van der Waals surface area contributed by atoms with E-state index >= 15 is 0 Å². The predicted octanol–water partition coefficient (Wildman–Crippen LogP) is 2.02. The van der Waals surface area contributed by atoms with Gasteiger partial charge in [-0.1, -0.05) is 23.7 Å². The first-order valence-electron chi connectivity index (χ1n) is 9.03. The average Bonchev–Trinajstić information content (AvgIpc) is 2.63. The molecule has 152 valence electrons. The van der Waals surface area contributed by atoms with E-state index in [4.69, 9.17) is 11.6 Å². The van der Waals surface area contributed by atoms with E-state index < -0.39 is 10.0 Å². The van der Waals surface area contributed by atoms with E-state index in [2.05, 4.69) is 5.32 Å². The van der Waals surface area contributed by atoms with E-state index in [0.29, 0.717) is 23.8 Å². The van der Waals surface area contributed by atoms with Crippen molar-refractivity contribution in [3.8, 4) is 0 Å². The standard InChI is InChI=1S/C20H26ClN3O3S/c1-15(2)24(4)28(26,27)19-11-9-18(10-12-19)22-20(25)14-23(3)13-16-5-7-17(21)8-6-16/h5-12,15H,13-14H2,1-4H3,(H,22,25)/p+1. The van der Waals surface area contributed by atoms with Crippen LogP contribution in [0.15, 0.2) is 53.4 Å². The molecule has 0 aromatic heterocycles. The number of rotatable bonds is 8. The number of benzene rings is 2. The van der Waals surface area contributed by atoms with Gasteiger partial charge in [0.2, 0.25) is 10.0 Å². The van der Waals surface area contributed by atoms with Crippen molar-refractivity contribution in [1.29, 1.82) is 0 Å². The summed E-state index contributed by atoms with van der Waals surface area (Å²) in [7, 11) is -0.0463. The van der Waals surface area contributed by atoms with Crippen LogP contribution >= 0.6 is 11.6 Å². The Morgan fingerprint density at radius 3 is 2.21 bits per heavy atom. The number of quaternary nitrogens is 1. The van der Waals surface area contributed by atoms with Crippen molar-refractivity contribution in [2.24, 2.45) is 0 Å². The average molecular weight is 425 g/mol. The summed E-state index contributed by atoms with van der Waals surface area (Å²) in [4.78, 5) is 13.5. The molecule has 2 rings (SSSR count). The second-order valence-corrected chi connectivity index (χ2v) is 9.56. The number of halogens is 1. The first kappa shape index (κ1) is 22.4. The van der Waals surface area contributed by atoms with Crippen molar-refractivity contribution in [2.45, 2.75) is 31.3 Å². The fraction of sp³-hybridized carbons (Fsp3) is 0.350. The van der Waals surface area contributed by atoms with Gasteiger partial charge in [-0.05, 0) is 50.2 Å². The second-order valence-electron chi connectivity index (χ2n) is 7.12. The van der Waals surface area contributed by atoms with Crippen LogP contribution in [-0.2, 0) is 21.4 Å². The molecule has 0 fully saturated rings. The highest BCUT2D eigenvalue weighted by atomic mass is 35.5. The number of likely N-dealkylation sites (N-methyl/N-ethyl adjacent to an activating group) is 1. The first-order valence-corrected chi connectivity index (χ1v) is 10.8. The van der Waals surface area contributed by atoms with Gasteiger partial charge in [0.15, 0.2) is 6.54 Å². The van der Waals surface area contributed by atoms with Crippen LogP contribution < -0.4 is 10.2 Å². The van der Waals surface area contributed by atoms with Crippen molar-refractivity contribution in [1.82, 2.24) is 4.31 Å². The van der Waals surface area contributed by atoms with Gasteiger partial charge in [0.25, 0.3) is 5.91 Å². The highest BCUT2D eigenvalue weighted by molar-refractivity contribution is 7.89. The zero-order valence-electron chi connectivity index (χ0n) is 16.6. The van der Waals surface area contributed by atoms with Gasteiger partial charge in [0.05, 0.1) is 11.9 Å². The minimum atomic E-state index is -3.53. The highest BCUT2D eigenvalue weighted by Gasteiger charge is 2.23. The third kappa shape index (κ3) is 6.04. The maximum atomic E-state index is 12.5. The third-order valence-corrected chi connectivity index (χ3v) is 6.72. The Morgan fingerprint density at radius 2 is 1.68 bits per heavy atom. The lowest BCUT2D eigenvalue weighted by Gasteiger charge is -2.21. The van der Waals surface area contributed by atoms with Gasteiger partial charge in [-0.2, -0.15) is 4.31 Å². The molecule has 0 radical (unpaired) electrons. The molecule has 1 unspecified atom stereocenters. The number of nitrogens with zero attached hydrogens (tertiary/aromatic N) is 1. The SMILES string of the molecule is CC(C)N(C)S(=O)(=O)c1ccc(NC(=O)C[NH+](C)Cc2ccc(Cl)cc2)cc1. The van der Waals surface area contributed by atoms with Crippen molar-refractivity contribution in [3.63, 3.8) is 0 Å². The first-order chi connectivity index (χ1) is 13.1. The second kappa shape index (κ2) is 9.52. The monoisotopic (exact) mass is 424 g/mol. The summed E-state index contributed by atoms with van der Waals surface area (Å²) in [6.07, 6.45) is 0. The summed E-state index contributed by atoms with van der Waals surface area (Å²) in [5.74, 6) is -0.138. The number of carbonyl (C=O) groups is 1. The number of carbonyl (C=O) groups excluding carboxylic acids is 1. The number of hydrogen-bond donors (Lipinski definition) is 2. The van der Waals surface area contributed by atoms with Crippen molar-refractivity contribution >= 4 is 33.2 Å². The van der Waals surface area contributed by atoms with Crippen LogP contribution in [0, 0.1) is 0 Å². The van der Waals surface area contributed by atoms with E-state index in [1.807, 2.05) is 45.2 Å². The molecule has 0 saturated carbocycles. The van der Waals surface area contributed by atoms with Crippen LogP contribution in [0.1, 0.15) is 19.4 Å². The molecule has 0 saturated heterocycles. The Kier molecular flexibility index (Phi) is 7.60. The molecule has 0 aliphatic rings.